The summed E-state index contributed by atoms with van der Waals surface area (Å²) >= 11 is 6.21. The number of para-hydroxylation sites is 1. The fourth-order valence-corrected chi connectivity index (χ4v) is 3.68. The molecule has 0 saturated carbocycles. The van der Waals surface area contributed by atoms with Crippen molar-refractivity contribution in [1.29, 1.82) is 0 Å². The van der Waals surface area contributed by atoms with Crippen LogP contribution in [-0.2, 0) is 14.3 Å². The summed E-state index contributed by atoms with van der Waals surface area (Å²) < 4.78 is 5.12. The van der Waals surface area contributed by atoms with Crippen LogP contribution in [0, 0.1) is 0 Å². The highest BCUT2D eigenvalue weighted by molar-refractivity contribution is 6.53. The number of esters is 1. The summed E-state index contributed by atoms with van der Waals surface area (Å²) in [5.41, 5.74) is 1.83. The Labute approximate surface area is 212 Å². The molecule has 8 nitrogen and oxygen atoms in total. The van der Waals surface area contributed by atoms with Crippen LogP contribution in [0.2, 0.25) is 0 Å². The summed E-state index contributed by atoms with van der Waals surface area (Å²) in [6.07, 6.45) is 0.668. The highest BCUT2D eigenvalue weighted by atomic mass is 35.5. The number of anilines is 3. The van der Waals surface area contributed by atoms with Crippen LogP contribution in [0.25, 0.3) is 0 Å². The van der Waals surface area contributed by atoms with Crippen LogP contribution in [0.3, 0.4) is 0 Å². The van der Waals surface area contributed by atoms with E-state index in [-0.39, 0.29) is 34.5 Å². The van der Waals surface area contributed by atoms with Crippen molar-refractivity contribution in [1.82, 2.24) is 0 Å². The Hall–Kier alpha value is -4.43. The predicted octanol–water partition coefficient (Wildman–Crippen LogP) is 4.94. The zero-order valence-electron chi connectivity index (χ0n) is 19.3. The van der Waals surface area contributed by atoms with Gasteiger partial charge in [-0.25, -0.2) is 9.69 Å². The zero-order valence-corrected chi connectivity index (χ0v) is 20.0. The lowest BCUT2D eigenvalue weighted by Crippen LogP contribution is -2.32. The molecular weight excluding hydrogens is 482 g/mol. The molecular formula is C27H22ClN3O5. The molecule has 0 radical (unpaired) electrons. The van der Waals surface area contributed by atoms with Crippen molar-refractivity contribution in [2.45, 2.75) is 13.3 Å². The monoisotopic (exact) mass is 503 g/mol. The Balaban J connectivity index is 1.47. The molecule has 182 valence electrons. The van der Waals surface area contributed by atoms with Gasteiger partial charge in [0, 0.05) is 16.9 Å². The van der Waals surface area contributed by atoms with Gasteiger partial charge in [-0.05, 0) is 61.0 Å². The van der Waals surface area contributed by atoms with E-state index in [1.165, 1.54) is 18.2 Å². The first-order chi connectivity index (χ1) is 17.4. The van der Waals surface area contributed by atoms with E-state index in [9.17, 15) is 19.2 Å². The van der Waals surface area contributed by atoms with E-state index in [0.29, 0.717) is 23.4 Å². The van der Waals surface area contributed by atoms with E-state index in [1.54, 1.807) is 42.5 Å². The van der Waals surface area contributed by atoms with Crippen LogP contribution in [0.1, 0.15) is 34.1 Å². The van der Waals surface area contributed by atoms with E-state index < -0.39 is 17.8 Å². The molecule has 0 saturated heterocycles. The molecule has 0 bridgehead atoms. The number of ether oxygens (including phenoxy) is 1. The van der Waals surface area contributed by atoms with Gasteiger partial charge < -0.3 is 15.4 Å². The van der Waals surface area contributed by atoms with Crippen molar-refractivity contribution >= 4 is 52.4 Å². The van der Waals surface area contributed by atoms with Gasteiger partial charge >= 0.3 is 5.97 Å². The molecule has 1 aliphatic rings. The Morgan fingerprint density at radius 3 is 2.28 bits per heavy atom. The van der Waals surface area contributed by atoms with Crippen molar-refractivity contribution in [2.24, 2.45) is 0 Å². The molecule has 4 rings (SSSR count). The quantitative estimate of drug-likeness (QED) is 0.333. The number of nitrogens with zero attached hydrogens (tertiary/aromatic N) is 1. The van der Waals surface area contributed by atoms with Gasteiger partial charge in [0.2, 0.25) is 0 Å². The maximum atomic E-state index is 13.1. The lowest BCUT2D eigenvalue weighted by Gasteiger charge is -2.16. The average Bonchev–Trinajstić information content (AvgIpc) is 3.11. The minimum Gasteiger partial charge on any atom is -0.462 e. The average molecular weight is 504 g/mol. The first-order valence-corrected chi connectivity index (χ1v) is 11.6. The zero-order chi connectivity index (χ0) is 25.7. The number of amides is 3. The number of rotatable bonds is 8. The van der Waals surface area contributed by atoms with E-state index in [1.807, 2.05) is 25.1 Å². The Bertz CT molecular complexity index is 1350. The molecule has 0 spiro atoms. The summed E-state index contributed by atoms with van der Waals surface area (Å²) in [5.74, 6) is -2.23. The van der Waals surface area contributed by atoms with Gasteiger partial charge in [0.05, 0.1) is 17.9 Å². The predicted molar refractivity (Wildman–Crippen MR) is 137 cm³/mol. The highest BCUT2D eigenvalue weighted by Crippen LogP contribution is 2.30. The maximum absolute atomic E-state index is 13.1. The van der Waals surface area contributed by atoms with Crippen LogP contribution < -0.4 is 15.5 Å². The lowest BCUT2D eigenvalue weighted by molar-refractivity contribution is -0.120. The third kappa shape index (κ3) is 5.29. The van der Waals surface area contributed by atoms with E-state index in [0.717, 1.165) is 4.90 Å². The van der Waals surface area contributed by atoms with Crippen LogP contribution in [0.5, 0.6) is 0 Å². The van der Waals surface area contributed by atoms with E-state index >= 15 is 0 Å². The van der Waals surface area contributed by atoms with Crippen molar-refractivity contribution in [2.75, 3.05) is 22.1 Å². The molecule has 3 amide bonds. The number of benzene rings is 3. The minimum atomic E-state index is -0.720. The topological polar surface area (TPSA) is 105 Å². The van der Waals surface area contributed by atoms with Crippen LogP contribution in [0.4, 0.5) is 17.1 Å². The van der Waals surface area contributed by atoms with Crippen molar-refractivity contribution in [3.05, 3.63) is 101 Å². The molecule has 1 heterocycles. The summed E-state index contributed by atoms with van der Waals surface area (Å²) in [4.78, 5) is 51.4. The number of hydrogen-bond donors (Lipinski definition) is 2. The third-order valence-electron chi connectivity index (χ3n) is 5.25. The number of halogens is 1. The molecule has 3 aromatic rings. The van der Waals surface area contributed by atoms with Gasteiger partial charge in [-0.1, -0.05) is 42.8 Å². The van der Waals surface area contributed by atoms with E-state index in [2.05, 4.69) is 10.6 Å². The van der Waals surface area contributed by atoms with Crippen molar-refractivity contribution < 1.29 is 23.9 Å². The maximum Gasteiger partial charge on any atom is 0.338 e. The van der Waals surface area contributed by atoms with Crippen molar-refractivity contribution in [3.8, 4) is 0 Å². The molecule has 0 aromatic heterocycles. The van der Waals surface area contributed by atoms with Gasteiger partial charge in [-0.2, -0.15) is 0 Å². The summed E-state index contributed by atoms with van der Waals surface area (Å²) in [6, 6.07) is 21.4. The van der Waals surface area contributed by atoms with Crippen LogP contribution >= 0.6 is 11.6 Å². The lowest BCUT2D eigenvalue weighted by atomic mass is 10.2. The molecule has 36 heavy (non-hydrogen) atoms. The number of nitrogens with one attached hydrogen (secondary N) is 2. The summed E-state index contributed by atoms with van der Waals surface area (Å²) in [7, 11) is 0. The molecule has 3 aromatic carbocycles. The largest absolute Gasteiger partial charge is 0.462 e. The fraction of sp³-hybridized carbons (Fsp3) is 0.111. The molecule has 0 atom stereocenters. The first kappa shape index (κ1) is 24.7. The van der Waals surface area contributed by atoms with Gasteiger partial charge in [0.15, 0.2) is 0 Å². The van der Waals surface area contributed by atoms with Crippen LogP contribution in [0.15, 0.2) is 89.6 Å². The highest BCUT2D eigenvalue weighted by Gasteiger charge is 2.39. The summed E-state index contributed by atoms with van der Waals surface area (Å²) in [6.45, 7) is 2.14. The fourth-order valence-electron chi connectivity index (χ4n) is 3.47. The van der Waals surface area contributed by atoms with Gasteiger partial charge in [-0.15, -0.1) is 0 Å². The molecule has 0 unspecified atom stereocenters. The SMILES string of the molecule is CCCOC(=O)c1cccc(N2C(=O)C(Cl)=C(Nc3ccc(C(=O)Nc4ccccc4)cc3)C2=O)c1. The van der Waals surface area contributed by atoms with Gasteiger partial charge in [0.1, 0.15) is 10.7 Å². The second-order valence-corrected chi connectivity index (χ2v) is 8.22. The molecule has 2 N–H and O–H groups in total. The smallest absolute Gasteiger partial charge is 0.338 e. The number of hydrogen-bond acceptors (Lipinski definition) is 6. The number of carbonyl (C=O) groups excluding carboxylic acids is 4. The Morgan fingerprint density at radius 2 is 1.58 bits per heavy atom. The Kier molecular flexibility index (Phi) is 7.46. The van der Waals surface area contributed by atoms with Gasteiger partial charge in [-0.3, -0.25) is 14.4 Å². The minimum absolute atomic E-state index is 0.109. The summed E-state index contributed by atoms with van der Waals surface area (Å²) in [5, 5.41) is 5.37. The molecule has 1 aliphatic heterocycles. The van der Waals surface area contributed by atoms with Gasteiger partial charge in [0.25, 0.3) is 17.7 Å². The number of imide groups is 1. The first-order valence-electron chi connectivity index (χ1n) is 11.2. The molecule has 0 aliphatic carbocycles. The molecule has 0 fully saturated rings. The second kappa shape index (κ2) is 10.9. The van der Waals surface area contributed by atoms with Crippen molar-refractivity contribution in [3.63, 3.8) is 0 Å². The van der Waals surface area contributed by atoms with E-state index in [4.69, 9.17) is 16.3 Å². The number of carbonyl (C=O) groups is 4. The third-order valence-corrected chi connectivity index (χ3v) is 5.60. The standard InChI is InChI=1S/C27H22ClN3O5/c1-2-15-36-27(35)18-7-6-10-21(16-18)31-25(33)22(28)23(26(31)34)29-20-13-11-17(12-14-20)24(32)30-19-8-4-3-5-9-19/h3-14,16,29H,2,15H2,1H3,(H,30,32). The normalized spacial score (nSPS) is 13.1. The Morgan fingerprint density at radius 1 is 0.861 bits per heavy atom. The van der Waals surface area contributed by atoms with Crippen LogP contribution in [-0.4, -0.2) is 30.3 Å². The second-order valence-electron chi connectivity index (χ2n) is 7.84. The molecule has 9 heteroatoms.